The third-order valence-corrected chi connectivity index (χ3v) is 7.32. The van der Waals surface area contributed by atoms with Crippen LogP contribution in [0.1, 0.15) is 44.2 Å². The first-order chi connectivity index (χ1) is 15.6. The van der Waals surface area contributed by atoms with Crippen LogP contribution in [0, 0.1) is 5.92 Å². The van der Waals surface area contributed by atoms with Crippen LogP contribution >= 0.6 is 0 Å². The van der Waals surface area contributed by atoms with E-state index in [1.54, 1.807) is 7.11 Å². The van der Waals surface area contributed by atoms with Crippen LogP contribution in [0.25, 0.3) is 11.3 Å². The molecule has 1 aromatic rings. The summed E-state index contributed by atoms with van der Waals surface area (Å²) in [5.74, 6) is 2.55. The Labute approximate surface area is 192 Å². The fourth-order valence-electron chi connectivity index (χ4n) is 5.30. The van der Waals surface area contributed by atoms with E-state index in [1.165, 1.54) is 53.9 Å². The van der Waals surface area contributed by atoms with Crippen LogP contribution in [-0.2, 0) is 4.42 Å². The lowest BCUT2D eigenvalue weighted by atomic mass is 9.88. The fraction of sp³-hybridized carbons (Fsp3) is 0.464. The second kappa shape index (κ2) is 9.11. The molecule has 0 N–H and O–H groups in total. The normalized spacial score (nSPS) is 21.2. The number of ketones is 1. The number of benzene rings is 1. The molecule has 1 aromatic carbocycles. The topological polar surface area (TPSA) is 27.0 Å². The summed E-state index contributed by atoms with van der Waals surface area (Å²) < 4.78 is 11.7. The predicted octanol–water partition coefficient (Wildman–Crippen LogP) is 4.86. The molecule has 1 saturated heterocycles. The number of carbonyl (C=O) groups excluding carboxylic acids is 1. The summed E-state index contributed by atoms with van der Waals surface area (Å²) in [5, 5.41) is 0. The van der Waals surface area contributed by atoms with E-state index in [-0.39, 0.29) is 0 Å². The van der Waals surface area contributed by atoms with E-state index in [2.05, 4.69) is 72.2 Å². The van der Waals surface area contributed by atoms with Gasteiger partial charge >= 0.3 is 5.78 Å². The smallest absolute Gasteiger partial charge is 0.343 e. The maximum absolute atomic E-state index is 6.34. The summed E-state index contributed by atoms with van der Waals surface area (Å²) in [7, 11) is 1.72. The van der Waals surface area contributed by atoms with Crippen LogP contribution < -0.4 is 4.74 Å². The van der Waals surface area contributed by atoms with Crippen molar-refractivity contribution in [1.82, 2.24) is 9.80 Å². The van der Waals surface area contributed by atoms with Gasteiger partial charge in [0.05, 0.1) is 6.61 Å². The van der Waals surface area contributed by atoms with Gasteiger partial charge in [0.25, 0.3) is 7.11 Å². The SMILES string of the molecule is C[O+]=C1C=CC(=C2CN3CCC=C3c3cc(OCC4CCN(C(C)C)CC4)ccc32)C=C1. The second-order valence-corrected chi connectivity index (χ2v) is 9.60. The summed E-state index contributed by atoms with van der Waals surface area (Å²) in [6.07, 6.45) is 14.4. The summed E-state index contributed by atoms with van der Waals surface area (Å²) in [5.41, 5.74) is 6.66. The van der Waals surface area contributed by atoms with Gasteiger partial charge < -0.3 is 14.5 Å². The van der Waals surface area contributed by atoms with E-state index in [0.717, 1.165) is 37.6 Å². The highest BCUT2D eigenvalue weighted by atomic mass is 16.5. The van der Waals surface area contributed by atoms with Gasteiger partial charge in [-0.1, -0.05) is 12.1 Å². The van der Waals surface area contributed by atoms with Crippen LogP contribution in [0.3, 0.4) is 0 Å². The molecular weight excluding hydrogens is 396 g/mol. The molecule has 168 valence electrons. The van der Waals surface area contributed by atoms with Crippen molar-refractivity contribution >= 4 is 17.1 Å². The number of hydrogen-bond donors (Lipinski definition) is 0. The molecule has 1 aliphatic carbocycles. The zero-order chi connectivity index (χ0) is 22.1. The molecule has 0 radical (unpaired) electrons. The zero-order valence-corrected chi connectivity index (χ0v) is 19.6. The number of rotatable bonds is 4. The van der Waals surface area contributed by atoms with Gasteiger partial charge in [0, 0.05) is 42.5 Å². The van der Waals surface area contributed by atoms with E-state index in [0.29, 0.717) is 12.0 Å². The minimum absolute atomic E-state index is 0.649. The van der Waals surface area contributed by atoms with Crippen LogP contribution in [0.4, 0.5) is 0 Å². The average molecular weight is 432 g/mol. The summed E-state index contributed by atoms with van der Waals surface area (Å²) in [4.78, 5) is 5.08. The van der Waals surface area contributed by atoms with Crippen LogP contribution in [0.5, 0.6) is 5.75 Å². The Kier molecular flexibility index (Phi) is 6.05. The third kappa shape index (κ3) is 4.21. The van der Waals surface area contributed by atoms with Gasteiger partial charge in [0.2, 0.25) is 0 Å². The maximum Gasteiger partial charge on any atom is 0.343 e. The van der Waals surface area contributed by atoms with E-state index >= 15 is 0 Å². The molecule has 0 spiro atoms. The van der Waals surface area contributed by atoms with E-state index in [4.69, 9.17) is 9.16 Å². The molecule has 5 rings (SSSR count). The minimum Gasteiger partial charge on any atom is -0.493 e. The van der Waals surface area contributed by atoms with Crippen molar-refractivity contribution in [3.05, 3.63) is 65.3 Å². The van der Waals surface area contributed by atoms with Gasteiger partial charge in [-0.3, -0.25) is 4.42 Å². The first kappa shape index (κ1) is 21.3. The lowest BCUT2D eigenvalue weighted by Crippen LogP contribution is -2.39. The second-order valence-electron chi connectivity index (χ2n) is 9.60. The third-order valence-electron chi connectivity index (χ3n) is 7.32. The van der Waals surface area contributed by atoms with Crippen molar-refractivity contribution in [1.29, 1.82) is 0 Å². The summed E-state index contributed by atoms with van der Waals surface area (Å²) >= 11 is 0. The van der Waals surface area contributed by atoms with E-state index in [1.807, 2.05) is 0 Å². The van der Waals surface area contributed by atoms with E-state index in [9.17, 15) is 0 Å². The number of allylic oxidation sites excluding steroid dienone is 5. The molecular formula is C28H35N2O2+. The highest BCUT2D eigenvalue weighted by Crippen LogP contribution is 2.41. The molecule has 0 bridgehead atoms. The number of hydrogen-bond acceptors (Lipinski definition) is 3. The fourth-order valence-corrected chi connectivity index (χ4v) is 5.30. The molecule has 4 nitrogen and oxygen atoms in total. The van der Waals surface area contributed by atoms with Gasteiger partial charge in [0.1, 0.15) is 5.75 Å². The van der Waals surface area contributed by atoms with Crippen molar-refractivity contribution in [3.8, 4) is 5.75 Å². The Morgan fingerprint density at radius 3 is 2.53 bits per heavy atom. The molecule has 0 amide bonds. The molecule has 0 saturated carbocycles. The van der Waals surface area contributed by atoms with E-state index < -0.39 is 0 Å². The van der Waals surface area contributed by atoms with Crippen molar-refractivity contribution in [2.24, 2.45) is 5.92 Å². The monoisotopic (exact) mass is 431 g/mol. The van der Waals surface area contributed by atoms with Crippen LogP contribution in [0.15, 0.2) is 54.2 Å². The van der Waals surface area contributed by atoms with Crippen LogP contribution in [-0.4, -0.2) is 61.5 Å². The van der Waals surface area contributed by atoms with Crippen molar-refractivity contribution in [2.45, 2.75) is 39.2 Å². The largest absolute Gasteiger partial charge is 0.493 e. The van der Waals surface area contributed by atoms with Gasteiger partial charge in [-0.05, 0) is 93.1 Å². The van der Waals surface area contributed by atoms with Gasteiger partial charge in [-0.25, -0.2) is 0 Å². The number of likely N-dealkylation sites (tertiary alicyclic amines) is 1. The highest BCUT2D eigenvalue weighted by molar-refractivity contribution is 6.03. The first-order valence-corrected chi connectivity index (χ1v) is 12.1. The van der Waals surface area contributed by atoms with Crippen molar-refractivity contribution in [3.63, 3.8) is 0 Å². The zero-order valence-electron chi connectivity index (χ0n) is 19.6. The predicted molar refractivity (Wildman–Crippen MR) is 132 cm³/mol. The molecule has 4 heteroatoms. The van der Waals surface area contributed by atoms with Crippen molar-refractivity contribution in [2.75, 3.05) is 39.9 Å². The summed E-state index contributed by atoms with van der Waals surface area (Å²) in [6.45, 7) is 9.84. The highest BCUT2D eigenvalue weighted by Gasteiger charge is 2.29. The standard InChI is InChI=1S/C28H35N2O2/c1-20(2)29-15-12-21(13-16-29)19-32-24-10-11-25-26(17-24)28-5-4-14-30(28)18-27(25)22-6-8-23(31-3)9-7-22/h5-11,17,20-21H,4,12-16,18-19H2,1-3H3/q+1. The minimum atomic E-state index is 0.649. The quantitative estimate of drug-likeness (QED) is 0.637. The first-order valence-electron chi connectivity index (χ1n) is 12.1. The maximum atomic E-state index is 6.34. The Morgan fingerprint density at radius 2 is 1.81 bits per heavy atom. The van der Waals surface area contributed by atoms with Crippen LogP contribution in [0.2, 0.25) is 0 Å². The number of ether oxygens (including phenoxy) is 1. The molecule has 0 unspecified atom stereocenters. The average Bonchev–Trinajstić information content (AvgIpc) is 3.31. The van der Waals surface area contributed by atoms with Gasteiger partial charge in [-0.2, -0.15) is 0 Å². The molecule has 1 fully saturated rings. The summed E-state index contributed by atoms with van der Waals surface area (Å²) in [6, 6.07) is 7.35. The molecule has 3 aliphatic heterocycles. The van der Waals surface area contributed by atoms with Gasteiger partial charge in [-0.15, -0.1) is 0 Å². The van der Waals surface area contributed by atoms with Crippen molar-refractivity contribution < 1.29 is 9.16 Å². The molecule has 3 heterocycles. The Hall–Kier alpha value is -2.59. The molecule has 4 aliphatic rings. The lowest BCUT2D eigenvalue weighted by molar-refractivity contribution is -0.417. The number of nitrogens with zero attached hydrogens (tertiary/aromatic N) is 2. The lowest BCUT2D eigenvalue weighted by Gasteiger charge is -2.34. The molecule has 32 heavy (non-hydrogen) atoms. The molecule has 0 aromatic heterocycles. The number of fused-ring (bicyclic) bond motifs is 3. The Morgan fingerprint density at radius 1 is 1.03 bits per heavy atom. The van der Waals surface area contributed by atoms with Gasteiger partial charge in [0.15, 0.2) is 0 Å². The number of piperidine rings is 1. The Bertz CT molecular complexity index is 1000. The molecule has 0 atom stereocenters. The Balaban J connectivity index is 1.36.